The number of carbonyl (C=O) groups excluding carboxylic acids is 3. The number of hydrogen-bond acceptors (Lipinski definition) is 5. The highest BCUT2D eigenvalue weighted by atomic mass is 16.5. The molecule has 0 bridgehead atoms. The van der Waals surface area contributed by atoms with Crippen molar-refractivity contribution in [2.45, 2.75) is 39.0 Å². The van der Waals surface area contributed by atoms with Gasteiger partial charge < -0.3 is 20.1 Å². The van der Waals surface area contributed by atoms with E-state index in [2.05, 4.69) is 10.6 Å². The standard InChI is InChI=1S/C25H30N2O5/c1-18(2)22(27-25(30)32-17-20-13-8-5-9-14-20)23(28)26-21(24(29)31-3)16-10-15-19-11-6-4-7-12-19/h4-15,18,21-22H,16-17H2,1-3H3,(H,26,28)(H,27,30)/b15-10+/t21-,22+/m1/s1. The van der Waals surface area contributed by atoms with Gasteiger partial charge in [0.25, 0.3) is 0 Å². The Labute approximate surface area is 188 Å². The summed E-state index contributed by atoms with van der Waals surface area (Å²) in [4.78, 5) is 37.3. The smallest absolute Gasteiger partial charge is 0.408 e. The molecule has 2 aromatic rings. The largest absolute Gasteiger partial charge is 0.467 e. The van der Waals surface area contributed by atoms with Crippen molar-refractivity contribution in [1.29, 1.82) is 0 Å². The summed E-state index contributed by atoms with van der Waals surface area (Å²) in [6, 6.07) is 17.1. The lowest BCUT2D eigenvalue weighted by atomic mass is 10.0. The van der Waals surface area contributed by atoms with Crippen LogP contribution >= 0.6 is 0 Å². The van der Waals surface area contributed by atoms with Crippen molar-refractivity contribution < 1.29 is 23.9 Å². The van der Waals surface area contributed by atoms with E-state index >= 15 is 0 Å². The van der Waals surface area contributed by atoms with Crippen molar-refractivity contribution in [3.05, 3.63) is 77.9 Å². The van der Waals surface area contributed by atoms with Crippen LogP contribution in [0, 0.1) is 5.92 Å². The molecule has 2 atom stereocenters. The average Bonchev–Trinajstić information content (AvgIpc) is 2.81. The van der Waals surface area contributed by atoms with Crippen molar-refractivity contribution in [3.63, 3.8) is 0 Å². The number of esters is 1. The van der Waals surface area contributed by atoms with Crippen molar-refractivity contribution in [1.82, 2.24) is 10.6 Å². The molecule has 0 aliphatic rings. The fourth-order valence-corrected chi connectivity index (χ4v) is 2.95. The van der Waals surface area contributed by atoms with E-state index in [1.165, 1.54) is 7.11 Å². The number of ether oxygens (including phenoxy) is 2. The van der Waals surface area contributed by atoms with E-state index in [9.17, 15) is 14.4 Å². The molecular formula is C25H30N2O5. The van der Waals surface area contributed by atoms with Gasteiger partial charge >= 0.3 is 12.1 Å². The normalized spacial score (nSPS) is 12.8. The van der Waals surface area contributed by atoms with E-state index in [1.807, 2.05) is 66.7 Å². The van der Waals surface area contributed by atoms with Crippen LogP contribution in [0.5, 0.6) is 0 Å². The van der Waals surface area contributed by atoms with Gasteiger partial charge in [-0.25, -0.2) is 9.59 Å². The fourth-order valence-electron chi connectivity index (χ4n) is 2.95. The summed E-state index contributed by atoms with van der Waals surface area (Å²) in [5.74, 6) is -1.28. The average molecular weight is 439 g/mol. The molecule has 0 aliphatic heterocycles. The Morgan fingerprint density at radius 1 is 0.938 bits per heavy atom. The first kappa shape index (κ1) is 24.7. The van der Waals surface area contributed by atoms with Crippen LogP contribution in [0.15, 0.2) is 66.7 Å². The number of carbonyl (C=O) groups is 3. The number of amides is 2. The van der Waals surface area contributed by atoms with Gasteiger partial charge in [-0.05, 0) is 23.5 Å². The lowest BCUT2D eigenvalue weighted by molar-refractivity contribution is -0.145. The van der Waals surface area contributed by atoms with Crippen molar-refractivity contribution in [3.8, 4) is 0 Å². The molecule has 2 rings (SSSR count). The van der Waals surface area contributed by atoms with Crippen LogP contribution in [0.2, 0.25) is 0 Å². The maximum Gasteiger partial charge on any atom is 0.408 e. The predicted octanol–water partition coefficient (Wildman–Crippen LogP) is 3.70. The topological polar surface area (TPSA) is 93.7 Å². The molecule has 7 nitrogen and oxygen atoms in total. The predicted molar refractivity (Wildman–Crippen MR) is 122 cm³/mol. The van der Waals surface area contributed by atoms with E-state index < -0.39 is 30.1 Å². The fraction of sp³-hybridized carbons (Fsp3) is 0.320. The molecule has 0 unspecified atom stereocenters. The summed E-state index contributed by atoms with van der Waals surface area (Å²) >= 11 is 0. The first-order valence-electron chi connectivity index (χ1n) is 10.5. The molecule has 7 heteroatoms. The van der Waals surface area contributed by atoms with Gasteiger partial charge in [0, 0.05) is 0 Å². The van der Waals surface area contributed by atoms with Gasteiger partial charge in [0.15, 0.2) is 0 Å². The summed E-state index contributed by atoms with van der Waals surface area (Å²) in [7, 11) is 1.27. The van der Waals surface area contributed by atoms with E-state index in [0.717, 1.165) is 11.1 Å². The first-order chi connectivity index (χ1) is 15.4. The van der Waals surface area contributed by atoms with Crippen molar-refractivity contribution in [2.75, 3.05) is 7.11 Å². The van der Waals surface area contributed by atoms with Gasteiger partial charge in [-0.3, -0.25) is 4.79 Å². The van der Waals surface area contributed by atoms with E-state index in [0.29, 0.717) is 0 Å². The number of hydrogen-bond donors (Lipinski definition) is 2. The van der Waals surface area contributed by atoms with Crippen LogP contribution in [0.4, 0.5) is 4.79 Å². The van der Waals surface area contributed by atoms with Gasteiger partial charge in [-0.2, -0.15) is 0 Å². The third-order valence-electron chi connectivity index (χ3n) is 4.72. The monoisotopic (exact) mass is 438 g/mol. The Morgan fingerprint density at radius 2 is 1.56 bits per heavy atom. The number of rotatable bonds is 10. The summed E-state index contributed by atoms with van der Waals surface area (Å²) in [6.45, 7) is 3.68. The van der Waals surface area contributed by atoms with Gasteiger partial charge in [-0.15, -0.1) is 0 Å². The van der Waals surface area contributed by atoms with Gasteiger partial charge in [0.1, 0.15) is 18.7 Å². The van der Waals surface area contributed by atoms with Gasteiger partial charge in [-0.1, -0.05) is 86.7 Å². The lowest BCUT2D eigenvalue weighted by Gasteiger charge is -2.24. The van der Waals surface area contributed by atoms with Crippen molar-refractivity contribution >= 4 is 24.0 Å². The molecule has 0 saturated heterocycles. The molecule has 0 aromatic heterocycles. The van der Waals surface area contributed by atoms with Gasteiger partial charge in [0.05, 0.1) is 7.11 Å². The van der Waals surface area contributed by atoms with Gasteiger partial charge in [0.2, 0.25) is 5.91 Å². The number of methoxy groups -OCH3 is 1. The Hall–Kier alpha value is -3.61. The second kappa shape index (κ2) is 12.9. The number of benzene rings is 2. The first-order valence-corrected chi connectivity index (χ1v) is 10.5. The highest BCUT2D eigenvalue weighted by Gasteiger charge is 2.29. The molecule has 0 radical (unpaired) electrons. The van der Waals surface area contributed by atoms with Crippen LogP contribution in [-0.2, 0) is 25.7 Å². The maximum absolute atomic E-state index is 12.8. The Bertz CT molecular complexity index is 897. The van der Waals surface area contributed by atoms with E-state index in [1.54, 1.807) is 19.9 Å². The van der Waals surface area contributed by atoms with E-state index in [4.69, 9.17) is 9.47 Å². The zero-order valence-electron chi connectivity index (χ0n) is 18.6. The van der Waals surface area contributed by atoms with Crippen LogP contribution in [-0.4, -0.2) is 37.2 Å². The summed E-state index contributed by atoms with van der Waals surface area (Å²) in [5, 5.41) is 5.27. The van der Waals surface area contributed by atoms with Crippen LogP contribution in [0.1, 0.15) is 31.4 Å². The highest BCUT2D eigenvalue weighted by molar-refractivity contribution is 5.90. The molecule has 0 saturated carbocycles. The summed E-state index contributed by atoms with van der Waals surface area (Å²) in [5.41, 5.74) is 1.81. The molecule has 2 amide bonds. The lowest BCUT2D eigenvalue weighted by Crippen LogP contribution is -2.53. The highest BCUT2D eigenvalue weighted by Crippen LogP contribution is 2.08. The molecule has 32 heavy (non-hydrogen) atoms. The minimum atomic E-state index is -0.879. The Balaban J connectivity index is 1.96. The Morgan fingerprint density at radius 3 is 2.16 bits per heavy atom. The maximum atomic E-state index is 12.8. The summed E-state index contributed by atoms with van der Waals surface area (Å²) < 4.78 is 10.0. The molecule has 2 aromatic carbocycles. The SMILES string of the molecule is COC(=O)[C@@H](C/C=C/c1ccccc1)NC(=O)[C@@H](NC(=O)OCc1ccccc1)C(C)C. The number of alkyl carbamates (subject to hydrolysis) is 1. The minimum absolute atomic E-state index is 0.0914. The molecule has 0 fully saturated rings. The van der Waals surface area contributed by atoms with E-state index in [-0.39, 0.29) is 18.9 Å². The quantitative estimate of drug-likeness (QED) is 0.552. The van der Waals surface area contributed by atoms with Crippen LogP contribution in [0.25, 0.3) is 6.08 Å². The second-order valence-electron chi connectivity index (χ2n) is 7.56. The van der Waals surface area contributed by atoms with Crippen LogP contribution in [0.3, 0.4) is 0 Å². The van der Waals surface area contributed by atoms with Crippen molar-refractivity contribution in [2.24, 2.45) is 5.92 Å². The minimum Gasteiger partial charge on any atom is -0.467 e. The Kier molecular flexibility index (Phi) is 9.97. The third-order valence-corrected chi connectivity index (χ3v) is 4.72. The molecule has 170 valence electrons. The van der Waals surface area contributed by atoms with Crippen LogP contribution < -0.4 is 10.6 Å². The zero-order chi connectivity index (χ0) is 23.3. The molecule has 0 spiro atoms. The molecular weight excluding hydrogens is 408 g/mol. The molecule has 0 heterocycles. The summed E-state index contributed by atoms with van der Waals surface area (Å²) in [6.07, 6.45) is 3.20. The number of nitrogens with one attached hydrogen (secondary N) is 2. The molecule has 0 aliphatic carbocycles. The zero-order valence-corrected chi connectivity index (χ0v) is 18.6. The molecule has 2 N–H and O–H groups in total. The second-order valence-corrected chi connectivity index (χ2v) is 7.56. The third kappa shape index (κ3) is 8.26.